The number of amides is 1. The van der Waals surface area contributed by atoms with Gasteiger partial charge in [-0.2, -0.15) is 0 Å². The lowest BCUT2D eigenvalue weighted by molar-refractivity contribution is -0.132. The highest BCUT2D eigenvalue weighted by Crippen LogP contribution is 2.16. The van der Waals surface area contributed by atoms with Gasteiger partial charge in [0.25, 0.3) is 0 Å². The van der Waals surface area contributed by atoms with Crippen LogP contribution < -0.4 is 5.32 Å². The zero-order chi connectivity index (χ0) is 43.8. The minimum Gasteiger partial charge on any atom is -0.394 e. The highest BCUT2D eigenvalue weighted by Gasteiger charge is 2.28. The average Bonchev–Trinajstić information content (AvgIpc) is 3.25. The maximum Gasteiger partial charge on any atom is 0.249 e. The number of aliphatic hydroxyl groups excluding tert-OH is 4. The third-order valence-corrected chi connectivity index (χ3v) is 12.3. The molecule has 60 heavy (non-hydrogen) atoms. The van der Waals surface area contributed by atoms with Gasteiger partial charge < -0.3 is 25.7 Å². The maximum atomic E-state index is 12.6. The fourth-order valence-electron chi connectivity index (χ4n) is 8.12. The molecule has 6 nitrogen and oxygen atoms in total. The number of carbonyl (C=O) groups is 1. The smallest absolute Gasteiger partial charge is 0.249 e. The predicted octanol–water partition coefficient (Wildman–Crippen LogP) is 14.9. The van der Waals surface area contributed by atoms with Gasteiger partial charge in [-0.25, -0.2) is 0 Å². The summed E-state index contributed by atoms with van der Waals surface area (Å²) >= 11 is 0. The summed E-state index contributed by atoms with van der Waals surface area (Å²) < 4.78 is 0. The molecule has 0 radical (unpaired) electrons. The summed E-state index contributed by atoms with van der Waals surface area (Å²) in [7, 11) is 0. The Morgan fingerprint density at radius 2 is 0.700 bits per heavy atom. The Morgan fingerprint density at radius 3 is 1.05 bits per heavy atom. The van der Waals surface area contributed by atoms with Gasteiger partial charge in [-0.05, 0) is 77.0 Å². The van der Waals surface area contributed by atoms with Gasteiger partial charge in [0.15, 0.2) is 0 Å². The fourth-order valence-corrected chi connectivity index (χ4v) is 8.12. The van der Waals surface area contributed by atoms with Gasteiger partial charge in [-0.1, -0.05) is 230 Å². The number of aliphatic hydroxyl groups is 4. The third-order valence-electron chi connectivity index (χ3n) is 12.3. The van der Waals surface area contributed by atoms with Crippen LogP contribution in [-0.2, 0) is 4.79 Å². The van der Waals surface area contributed by atoms with Crippen LogP contribution in [0, 0.1) is 0 Å². The first-order chi connectivity index (χ1) is 29.5. The predicted molar refractivity (Wildman–Crippen MR) is 260 cm³/mol. The number of unbranched alkanes of at least 4 members (excludes halogenated alkanes) is 33. The lowest BCUT2D eigenvalue weighted by Crippen LogP contribution is -2.53. The van der Waals surface area contributed by atoms with Crippen molar-refractivity contribution in [2.75, 3.05) is 6.61 Å². The van der Waals surface area contributed by atoms with Crippen molar-refractivity contribution in [2.24, 2.45) is 0 Å². The van der Waals surface area contributed by atoms with Crippen LogP contribution in [0.1, 0.15) is 271 Å². The van der Waals surface area contributed by atoms with Crippen molar-refractivity contribution in [3.05, 3.63) is 36.5 Å². The van der Waals surface area contributed by atoms with Gasteiger partial charge in [0.2, 0.25) is 5.91 Å². The summed E-state index contributed by atoms with van der Waals surface area (Å²) in [6.07, 6.45) is 59.1. The van der Waals surface area contributed by atoms with Crippen molar-refractivity contribution in [3.8, 4) is 0 Å². The molecule has 0 rings (SSSR count). The molecular weight excluding hydrogens is 743 g/mol. The van der Waals surface area contributed by atoms with Crippen LogP contribution in [0.4, 0.5) is 0 Å². The SMILES string of the molecule is CCCCCCCCCCCCC/C=C/CC/C=C/CCCC(O)C(O)C(CO)NC(=O)C(O)CCCCCCCCCC/C=C\CCCCCCCCCCCCCC. The topological polar surface area (TPSA) is 110 Å². The molecule has 4 atom stereocenters. The first-order valence-electron chi connectivity index (χ1n) is 26.4. The Kier molecular flexibility index (Phi) is 47.4. The first kappa shape index (κ1) is 58.5. The van der Waals surface area contributed by atoms with Crippen LogP contribution in [0.25, 0.3) is 0 Å². The minimum absolute atomic E-state index is 0.357. The van der Waals surface area contributed by atoms with Crippen LogP contribution in [0.5, 0.6) is 0 Å². The van der Waals surface area contributed by atoms with E-state index in [1.54, 1.807) is 0 Å². The molecule has 0 aromatic heterocycles. The molecule has 0 aliphatic rings. The number of carbonyl (C=O) groups excluding carboxylic acids is 1. The minimum atomic E-state index is -1.29. The number of hydrogen-bond acceptors (Lipinski definition) is 5. The molecule has 354 valence electrons. The highest BCUT2D eigenvalue weighted by atomic mass is 16.3. The van der Waals surface area contributed by atoms with E-state index >= 15 is 0 Å². The van der Waals surface area contributed by atoms with E-state index in [2.05, 4.69) is 55.6 Å². The summed E-state index contributed by atoms with van der Waals surface area (Å²) in [5.41, 5.74) is 0. The molecule has 0 aliphatic carbocycles. The van der Waals surface area contributed by atoms with E-state index in [9.17, 15) is 25.2 Å². The van der Waals surface area contributed by atoms with Gasteiger partial charge in [-0.15, -0.1) is 0 Å². The Bertz CT molecular complexity index is 950. The van der Waals surface area contributed by atoms with Gasteiger partial charge in [0.05, 0.1) is 18.8 Å². The molecule has 5 N–H and O–H groups in total. The lowest BCUT2D eigenvalue weighted by Gasteiger charge is -2.27. The molecule has 0 aromatic rings. The second-order valence-corrected chi connectivity index (χ2v) is 18.2. The van der Waals surface area contributed by atoms with Gasteiger partial charge in [0, 0.05) is 0 Å². The first-order valence-corrected chi connectivity index (χ1v) is 26.4. The van der Waals surface area contributed by atoms with Crippen LogP contribution in [-0.4, -0.2) is 57.3 Å². The van der Waals surface area contributed by atoms with Gasteiger partial charge in [-0.3, -0.25) is 4.79 Å². The van der Waals surface area contributed by atoms with Gasteiger partial charge in [0.1, 0.15) is 12.2 Å². The molecule has 0 aromatic carbocycles. The monoisotopic (exact) mass is 846 g/mol. The molecule has 4 unspecified atom stereocenters. The number of nitrogens with one attached hydrogen (secondary N) is 1. The van der Waals surface area contributed by atoms with E-state index in [0.717, 1.165) is 38.5 Å². The molecule has 0 heterocycles. The van der Waals surface area contributed by atoms with Crippen molar-refractivity contribution < 1.29 is 25.2 Å². The molecule has 1 amide bonds. The van der Waals surface area contributed by atoms with E-state index in [-0.39, 0.29) is 0 Å². The largest absolute Gasteiger partial charge is 0.394 e. The lowest BCUT2D eigenvalue weighted by atomic mass is 10.00. The Labute approximate surface area is 373 Å². The maximum absolute atomic E-state index is 12.6. The number of allylic oxidation sites excluding steroid dienone is 6. The highest BCUT2D eigenvalue weighted by molar-refractivity contribution is 5.80. The Morgan fingerprint density at radius 1 is 0.400 bits per heavy atom. The molecule has 0 bridgehead atoms. The van der Waals surface area contributed by atoms with Crippen molar-refractivity contribution >= 4 is 5.91 Å². The van der Waals surface area contributed by atoms with Crippen molar-refractivity contribution in [2.45, 2.75) is 295 Å². The van der Waals surface area contributed by atoms with E-state index in [4.69, 9.17) is 0 Å². The molecule has 0 saturated heterocycles. The van der Waals surface area contributed by atoms with Crippen LogP contribution >= 0.6 is 0 Å². The Balaban J connectivity index is 3.72. The van der Waals surface area contributed by atoms with Crippen LogP contribution in [0.2, 0.25) is 0 Å². The van der Waals surface area contributed by atoms with Crippen LogP contribution in [0.15, 0.2) is 36.5 Å². The molecule has 6 heteroatoms. The molecule has 0 saturated carbocycles. The second kappa shape index (κ2) is 48.6. The van der Waals surface area contributed by atoms with E-state index in [1.165, 1.54) is 199 Å². The van der Waals surface area contributed by atoms with Crippen LogP contribution in [0.3, 0.4) is 0 Å². The third kappa shape index (κ3) is 41.9. The van der Waals surface area contributed by atoms with Crippen molar-refractivity contribution in [1.29, 1.82) is 0 Å². The quantitative estimate of drug-likeness (QED) is 0.0309. The summed E-state index contributed by atoms with van der Waals surface area (Å²) in [5, 5.41) is 43.9. The van der Waals surface area contributed by atoms with Crippen molar-refractivity contribution in [3.63, 3.8) is 0 Å². The van der Waals surface area contributed by atoms with E-state index in [0.29, 0.717) is 19.3 Å². The van der Waals surface area contributed by atoms with Crippen molar-refractivity contribution in [1.82, 2.24) is 5.32 Å². The molecular formula is C54H103NO5. The molecule has 0 aliphatic heterocycles. The van der Waals surface area contributed by atoms with E-state index in [1.807, 2.05) is 0 Å². The zero-order valence-electron chi connectivity index (χ0n) is 40.0. The Hall–Kier alpha value is -1.47. The fraction of sp³-hybridized carbons (Fsp3) is 0.870. The number of hydrogen-bond donors (Lipinski definition) is 5. The number of rotatable bonds is 48. The summed E-state index contributed by atoms with van der Waals surface area (Å²) in [6, 6.07) is -1.01. The average molecular weight is 846 g/mol. The van der Waals surface area contributed by atoms with E-state index < -0.39 is 36.9 Å². The van der Waals surface area contributed by atoms with Gasteiger partial charge >= 0.3 is 0 Å². The standard InChI is InChI=1S/C54H103NO5/c1-3-5-7-9-11-13-15-17-19-21-23-25-26-27-28-30-32-34-36-38-40-42-44-46-48-52(58)54(60)55-50(49-56)53(59)51(57)47-45-43-41-39-37-35-33-31-29-24-22-20-18-16-14-12-10-8-6-4-2/h27-28,31,33,39,41,50-53,56-59H,3-26,29-30,32,34-38,40,42-49H2,1-2H3,(H,55,60)/b28-27-,33-31+,41-39+. The normalized spacial score (nSPS) is 14.2. The summed E-state index contributed by atoms with van der Waals surface area (Å²) in [5.74, 6) is -0.598. The summed E-state index contributed by atoms with van der Waals surface area (Å²) in [4.78, 5) is 12.6. The molecule has 0 fully saturated rings. The second-order valence-electron chi connectivity index (χ2n) is 18.2. The summed E-state index contributed by atoms with van der Waals surface area (Å²) in [6.45, 7) is 4.06. The molecule has 0 spiro atoms. The zero-order valence-corrected chi connectivity index (χ0v) is 40.0.